The molecule has 0 spiro atoms. The third-order valence-electron chi connectivity index (χ3n) is 3.20. The second kappa shape index (κ2) is 6.61. The SMILES string of the molecule is CC(C)CCN1CCC(C)NC(CC#N)C1=O. The molecule has 0 aliphatic carbocycles. The van der Waals surface area contributed by atoms with Crippen molar-refractivity contribution in [1.82, 2.24) is 10.2 Å². The predicted molar refractivity (Wildman–Crippen MR) is 67.3 cm³/mol. The Balaban J connectivity index is 2.63. The summed E-state index contributed by atoms with van der Waals surface area (Å²) in [4.78, 5) is 14.1. The maximum absolute atomic E-state index is 12.2. The number of amides is 1. The lowest BCUT2D eigenvalue weighted by Crippen LogP contribution is -2.45. The van der Waals surface area contributed by atoms with Crippen molar-refractivity contribution >= 4 is 5.91 Å². The fourth-order valence-corrected chi connectivity index (χ4v) is 2.05. The first-order valence-electron chi connectivity index (χ1n) is 6.46. The van der Waals surface area contributed by atoms with Gasteiger partial charge in [0.05, 0.1) is 12.5 Å². The van der Waals surface area contributed by atoms with Gasteiger partial charge in [-0.15, -0.1) is 0 Å². The van der Waals surface area contributed by atoms with E-state index < -0.39 is 0 Å². The fourth-order valence-electron chi connectivity index (χ4n) is 2.05. The fraction of sp³-hybridized carbons (Fsp3) is 0.846. The molecule has 0 saturated carbocycles. The van der Waals surface area contributed by atoms with Gasteiger partial charge in [0.2, 0.25) is 5.91 Å². The quantitative estimate of drug-likeness (QED) is 0.806. The van der Waals surface area contributed by atoms with Crippen molar-refractivity contribution in [3.8, 4) is 6.07 Å². The standard InChI is InChI=1S/C13H23N3O/c1-10(2)5-8-16-9-6-11(3)15-12(4-7-14)13(16)17/h10-12,15H,4-6,8-9H2,1-3H3. The molecular formula is C13H23N3O. The van der Waals surface area contributed by atoms with Crippen LogP contribution in [-0.2, 0) is 4.79 Å². The molecule has 0 aromatic rings. The van der Waals surface area contributed by atoms with Gasteiger partial charge in [-0.3, -0.25) is 4.79 Å². The highest BCUT2D eigenvalue weighted by Gasteiger charge is 2.28. The van der Waals surface area contributed by atoms with E-state index in [1.165, 1.54) is 0 Å². The highest BCUT2D eigenvalue weighted by Crippen LogP contribution is 2.11. The Kier molecular flexibility index (Phi) is 5.43. The van der Waals surface area contributed by atoms with Crippen LogP contribution in [0.1, 0.15) is 40.0 Å². The Morgan fingerprint density at radius 2 is 2.29 bits per heavy atom. The minimum Gasteiger partial charge on any atom is -0.341 e. The molecule has 1 heterocycles. The number of nitrogens with one attached hydrogen (secondary N) is 1. The number of carbonyl (C=O) groups excluding carboxylic acids is 1. The van der Waals surface area contributed by atoms with Gasteiger partial charge in [-0.2, -0.15) is 5.26 Å². The second-order valence-electron chi connectivity index (χ2n) is 5.28. The molecular weight excluding hydrogens is 214 g/mol. The molecule has 1 rings (SSSR count). The molecule has 1 aliphatic rings. The first kappa shape index (κ1) is 14.0. The zero-order chi connectivity index (χ0) is 12.8. The zero-order valence-electron chi connectivity index (χ0n) is 11.1. The maximum atomic E-state index is 12.2. The Morgan fingerprint density at radius 1 is 1.59 bits per heavy atom. The van der Waals surface area contributed by atoms with E-state index in [1.807, 2.05) is 4.90 Å². The normalized spacial score (nSPS) is 25.8. The molecule has 4 heteroatoms. The average molecular weight is 237 g/mol. The van der Waals surface area contributed by atoms with Crippen LogP contribution in [0.3, 0.4) is 0 Å². The van der Waals surface area contributed by atoms with E-state index >= 15 is 0 Å². The van der Waals surface area contributed by atoms with Gasteiger partial charge in [-0.05, 0) is 25.7 Å². The van der Waals surface area contributed by atoms with Crippen LogP contribution < -0.4 is 5.32 Å². The van der Waals surface area contributed by atoms with Gasteiger partial charge < -0.3 is 10.2 Å². The highest BCUT2D eigenvalue weighted by molar-refractivity contribution is 5.82. The number of carbonyl (C=O) groups is 1. The first-order chi connectivity index (χ1) is 8.04. The first-order valence-corrected chi connectivity index (χ1v) is 6.46. The van der Waals surface area contributed by atoms with Gasteiger partial charge >= 0.3 is 0 Å². The van der Waals surface area contributed by atoms with E-state index in [9.17, 15) is 4.79 Å². The second-order valence-corrected chi connectivity index (χ2v) is 5.28. The molecule has 0 aromatic heterocycles. The number of nitrogens with zero attached hydrogens (tertiary/aromatic N) is 2. The third-order valence-corrected chi connectivity index (χ3v) is 3.20. The van der Waals surface area contributed by atoms with E-state index in [2.05, 4.69) is 32.2 Å². The van der Waals surface area contributed by atoms with E-state index in [-0.39, 0.29) is 18.4 Å². The Labute approximate surface area is 104 Å². The number of hydrogen-bond acceptors (Lipinski definition) is 3. The molecule has 2 unspecified atom stereocenters. The Bertz CT molecular complexity index is 296. The van der Waals surface area contributed by atoms with Crippen LogP contribution >= 0.6 is 0 Å². The molecule has 1 amide bonds. The van der Waals surface area contributed by atoms with Crippen LogP contribution in [0.4, 0.5) is 0 Å². The van der Waals surface area contributed by atoms with Crippen LogP contribution in [0.25, 0.3) is 0 Å². The summed E-state index contributed by atoms with van der Waals surface area (Å²) in [6.07, 6.45) is 2.26. The van der Waals surface area contributed by atoms with Crippen LogP contribution in [0, 0.1) is 17.2 Å². The summed E-state index contributed by atoms with van der Waals surface area (Å²) in [6, 6.07) is 2.08. The summed E-state index contributed by atoms with van der Waals surface area (Å²) in [5.74, 6) is 0.697. The largest absolute Gasteiger partial charge is 0.341 e. The minimum absolute atomic E-state index is 0.0940. The highest BCUT2D eigenvalue weighted by atomic mass is 16.2. The molecule has 2 atom stereocenters. The number of nitriles is 1. The van der Waals surface area contributed by atoms with Crippen molar-refractivity contribution in [2.45, 2.75) is 52.1 Å². The lowest BCUT2D eigenvalue weighted by atomic mass is 10.1. The lowest BCUT2D eigenvalue weighted by Gasteiger charge is -2.24. The van der Waals surface area contributed by atoms with Gasteiger partial charge in [0, 0.05) is 19.1 Å². The van der Waals surface area contributed by atoms with Crippen LogP contribution in [0.15, 0.2) is 0 Å². The summed E-state index contributed by atoms with van der Waals surface area (Å²) in [6.45, 7) is 8.02. The molecule has 0 radical (unpaired) electrons. The zero-order valence-corrected chi connectivity index (χ0v) is 11.1. The van der Waals surface area contributed by atoms with Crippen molar-refractivity contribution in [2.24, 2.45) is 5.92 Å². The van der Waals surface area contributed by atoms with Gasteiger partial charge in [-0.25, -0.2) is 0 Å². The van der Waals surface area contributed by atoms with Crippen LogP contribution in [-0.4, -0.2) is 36.0 Å². The van der Waals surface area contributed by atoms with Gasteiger partial charge in [0.15, 0.2) is 0 Å². The lowest BCUT2D eigenvalue weighted by molar-refractivity contribution is -0.132. The van der Waals surface area contributed by atoms with Gasteiger partial charge in [0.25, 0.3) is 0 Å². The molecule has 0 aromatic carbocycles. The van der Waals surface area contributed by atoms with Crippen LogP contribution in [0.5, 0.6) is 0 Å². The van der Waals surface area contributed by atoms with Crippen molar-refractivity contribution < 1.29 is 4.79 Å². The smallest absolute Gasteiger partial charge is 0.240 e. The summed E-state index contributed by atoms with van der Waals surface area (Å²) < 4.78 is 0. The maximum Gasteiger partial charge on any atom is 0.240 e. The summed E-state index contributed by atoms with van der Waals surface area (Å²) in [7, 11) is 0. The van der Waals surface area contributed by atoms with E-state index in [0.717, 1.165) is 25.9 Å². The van der Waals surface area contributed by atoms with Crippen molar-refractivity contribution in [3.05, 3.63) is 0 Å². The summed E-state index contributed by atoms with van der Waals surface area (Å²) >= 11 is 0. The molecule has 1 fully saturated rings. The molecule has 1 N–H and O–H groups in total. The van der Waals surface area contributed by atoms with E-state index in [0.29, 0.717) is 12.0 Å². The van der Waals surface area contributed by atoms with Crippen molar-refractivity contribution in [3.63, 3.8) is 0 Å². The number of rotatable bonds is 4. The van der Waals surface area contributed by atoms with Crippen molar-refractivity contribution in [1.29, 1.82) is 5.26 Å². The Hall–Kier alpha value is -1.08. The molecule has 4 nitrogen and oxygen atoms in total. The Morgan fingerprint density at radius 3 is 2.88 bits per heavy atom. The van der Waals surface area contributed by atoms with E-state index in [4.69, 9.17) is 5.26 Å². The monoisotopic (exact) mass is 237 g/mol. The number of hydrogen-bond donors (Lipinski definition) is 1. The van der Waals surface area contributed by atoms with Crippen molar-refractivity contribution in [2.75, 3.05) is 13.1 Å². The molecule has 17 heavy (non-hydrogen) atoms. The molecule has 96 valence electrons. The minimum atomic E-state index is -0.315. The molecule has 0 bridgehead atoms. The predicted octanol–water partition coefficient (Wildman–Crippen LogP) is 1.53. The van der Waals surface area contributed by atoms with Gasteiger partial charge in [-0.1, -0.05) is 13.8 Å². The van der Waals surface area contributed by atoms with E-state index in [1.54, 1.807) is 0 Å². The summed E-state index contributed by atoms with van der Waals surface area (Å²) in [5, 5.41) is 12.0. The topological polar surface area (TPSA) is 56.1 Å². The van der Waals surface area contributed by atoms with Gasteiger partial charge in [0.1, 0.15) is 6.04 Å². The average Bonchev–Trinajstić information content (AvgIpc) is 2.39. The molecule has 1 aliphatic heterocycles. The third kappa shape index (κ3) is 4.35. The summed E-state index contributed by atoms with van der Waals surface area (Å²) in [5.41, 5.74) is 0. The molecule has 1 saturated heterocycles. The van der Waals surface area contributed by atoms with Crippen LogP contribution in [0.2, 0.25) is 0 Å².